The summed E-state index contributed by atoms with van der Waals surface area (Å²) in [6, 6.07) is 3.83. The number of amides is 1. The van der Waals surface area contributed by atoms with E-state index in [1.54, 1.807) is 0 Å². The minimum atomic E-state index is -3.96. The lowest BCUT2D eigenvalue weighted by atomic mass is 9.73. The number of methoxy groups -OCH3 is 1. The molecular formula is C17H26N2O6S. The molecule has 0 aromatic heterocycles. The molecule has 1 fully saturated rings. The number of nitrogens with two attached hydrogens (primary N) is 1. The quantitative estimate of drug-likeness (QED) is 0.646. The molecule has 0 spiro atoms. The Balaban J connectivity index is 2.30. The summed E-state index contributed by atoms with van der Waals surface area (Å²) in [6.45, 7) is 2.24. The molecule has 1 aromatic carbocycles. The summed E-state index contributed by atoms with van der Waals surface area (Å²) in [5.74, 6) is -0.223. The van der Waals surface area contributed by atoms with Crippen LogP contribution in [-0.4, -0.2) is 62.3 Å². The second kappa shape index (κ2) is 7.91. The van der Waals surface area contributed by atoms with Gasteiger partial charge in [0.05, 0.1) is 30.3 Å². The molecular weight excluding hydrogens is 360 g/mol. The van der Waals surface area contributed by atoms with Crippen molar-refractivity contribution in [3.63, 3.8) is 0 Å². The average Bonchev–Trinajstić information content (AvgIpc) is 2.61. The van der Waals surface area contributed by atoms with E-state index in [0.717, 1.165) is 6.42 Å². The van der Waals surface area contributed by atoms with Gasteiger partial charge in [0.15, 0.2) is 0 Å². The van der Waals surface area contributed by atoms with E-state index in [9.17, 15) is 23.4 Å². The zero-order valence-electron chi connectivity index (χ0n) is 15.0. The van der Waals surface area contributed by atoms with Gasteiger partial charge < -0.3 is 19.8 Å². The highest BCUT2D eigenvalue weighted by atomic mass is 32.2. The fraction of sp³-hybridized carbons (Fsp3) is 0.588. The first-order valence-electron chi connectivity index (χ1n) is 8.47. The van der Waals surface area contributed by atoms with Crippen molar-refractivity contribution in [3.8, 4) is 5.75 Å². The number of sulfonamides is 1. The highest BCUT2D eigenvalue weighted by molar-refractivity contribution is 7.89. The smallest absolute Gasteiger partial charge is 0.257 e. The van der Waals surface area contributed by atoms with Gasteiger partial charge in [0.1, 0.15) is 5.75 Å². The van der Waals surface area contributed by atoms with Crippen LogP contribution in [0.2, 0.25) is 0 Å². The number of aliphatic hydroxyl groups is 2. The van der Waals surface area contributed by atoms with E-state index in [1.165, 1.54) is 30.2 Å². The molecule has 0 aliphatic carbocycles. The molecule has 9 heteroatoms. The predicted octanol–water partition coefficient (Wildman–Crippen LogP) is 0.328. The summed E-state index contributed by atoms with van der Waals surface area (Å²) in [4.78, 5) is 14.2. The highest BCUT2D eigenvalue weighted by Crippen LogP contribution is 2.37. The second-order valence-electron chi connectivity index (χ2n) is 6.69. The number of carbonyl (C=O) groups is 1. The Kier molecular flexibility index (Phi) is 6.28. The molecule has 4 N–H and O–H groups in total. The number of benzene rings is 1. The van der Waals surface area contributed by atoms with Crippen LogP contribution >= 0.6 is 0 Å². The van der Waals surface area contributed by atoms with Gasteiger partial charge in [-0.3, -0.25) is 4.79 Å². The average molecular weight is 386 g/mol. The van der Waals surface area contributed by atoms with E-state index in [1.807, 2.05) is 6.92 Å². The fourth-order valence-electron chi connectivity index (χ4n) is 3.46. The monoisotopic (exact) mass is 386 g/mol. The number of primary sulfonamides is 1. The Morgan fingerprint density at radius 2 is 2.15 bits per heavy atom. The summed E-state index contributed by atoms with van der Waals surface area (Å²) in [5.41, 5.74) is -0.545. The third-order valence-electron chi connectivity index (χ3n) is 5.06. The van der Waals surface area contributed by atoms with Crippen molar-refractivity contribution in [2.75, 3.05) is 26.8 Å². The number of likely N-dealkylation sites (tertiary alicyclic amines) is 1. The molecule has 0 unspecified atom stereocenters. The fourth-order valence-corrected chi connectivity index (χ4v) is 4.00. The number of rotatable bonds is 6. The summed E-state index contributed by atoms with van der Waals surface area (Å²) in [5, 5.41) is 25.4. The Labute approximate surface area is 153 Å². The number of carbonyl (C=O) groups excluding carboxylic acids is 1. The number of nitrogens with zero attached hydrogens (tertiary/aromatic N) is 1. The van der Waals surface area contributed by atoms with Gasteiger partial charge in [-0.1, -0.05) is 13.3 Å². The standard InChI is InChI=1S/C17H26N2O6S/c1-3-6-17(11-20)7-8-19(10-15(17)21)16(22)13-9-12(26(18,23)24)4-5-14(13)25-2/h4-5,9,15,20-21H,3,6-8,10-11H2,1-2H3,(H2,18,23,24)/t15-,17-/m1/s1. The molecule has 1 aliphatic heterocycles. The molecule has 1 amide bonds. The first-order chi connectivity index (χ1) is 12.2. The van der Waals surface area contributed by atoms with Crippen LogP contribution in [0.3, 0.4) is 0 Å². The Bertz CT molecular complexity index is 767. The minimum Gasteiger partial charge on any atom is -0.496 e. The number of β-amino-alcohol motifs (C(OH)–C–C–N with tert-alkyl or cyclic N) is 1. The van der Waals surface area contributed by atoms with E-state index >= 15 is 0 Å². The molecule has 0 saturated carbocycles. The van der Waals surface area contributed by atoms with Gasteiger partial charge in [-0.05, 0) is 31.0 Å². The molecule has 1 aliphatic rings. The Hall–Kier alpha value is -1.68. The Morgan fingerprint density at radius 1 is 1.46 bits per heavy atom. The van der Waals surface area contributed by atoms with Crippen LogP contribution in [0.1, 0.15) is 36.5 Å². The van der Waals surface area contributed by atoms with Crippen molar-refractivity contribution in [3.05, 3.63) is 23.8 Å². The van der Waals surface area contributed by atoms with Gasteiger partial charge in [0, 0.05) is 18.5 Å². The van der Waals surface area contributed by atoms with Crippen LogP contribution in [0, 0.1) is 5.41 Å². The maximum absolute atomic E-state index is 12.9. The van der Waals surface area contributed by atoms with Crippen molar-refractivity contribution in [1.82, 2.24) is 4.90 Å². The predicted molar refractivity (Wildman–Crippen MR) is 95.3 cm³/mol. The number of hydrogen-bond acceptors (Lipinski definition) is 6. The van der Waals surface area contributed by atoms with E-state index in [4.69, 9.17) is 9.88 Å². The zero-order valence-corrected chi connectivity index (χ0v) is 15.8. The van der Waals surface area contributed by atoms with Crippen LogP contribution in [-0.2, 0) is 10.0 Å². The van der Waals surface area contributed by atoms with Crippen molar-refractivity contribution in [2.24, 2.45) is 10.6 Å². The Morgan fingerprint density at radius 3 is 2.65 bits per heavy atom. The largest absolute Gasteiger partial charge is 0.496 e. The topological polar surface area (TPSA) is 130 Å². The van der Waals surface area contributed by atoms with Crippen molar-refractivity contribution < 1.29 is 28.2 Å². The van der Waals surface area contributed by atoms with Crippen LogP contribution in [0.15, 0.2) is 23.1 Å². The first kappa shape index (κ1) is 20.6. The van der Waals surface area contributed by atoms with Crippen LogP contribution in [0.4, 0.5) is 0 Å². The SMILES string of the molecule is CCC[C@]1(CO)CCN(C(=O)c2cc(S(N)(=O)=O)ccc2OC)C[C@H]1O. The molecule has 0 radical (unpaired) electrons. The molecule has 0 bridgehead atoms. The molecule has 8 nitrogen and oxygen atoms in total. The molecule has 2 atom stereocenters. The van der Waals surface area contributed by atoms with Gasteiger partial charge >= 0.3 is 0 Å². The zero-order chi connectivity index (χ0) is 19.5. The minimum absolute atomic E-state index is 0.0577. The maximum atomic E-state index is 12.9. The number of hydrogen-bond donors (Lipinski definition) is 3. The van der Waals surface area contributed by atoms with Crippen LogP contribution in [0.5, 0.6) is 5.75 Å². The molecule has 1 saturated heterocycles. The molecule has 2 rings (SSSR count). The lowest BCUT2D eigenvalue weighted by molar-refractivity contribution is -0.0713. The summed E-state index contributed by atoms with van der Waals surface area (Å²) in [6.07, 6.45) is 1.08. The van der Waals surface area contributed by atoms with E-state index in [0.29, 0.717) is 19.4 Å². The van der Waals surface area contributed by atoms with Gasteiger partial charge in [-0.2, -0.15) is 0 Å². The van der Waals surface area contributed by atoms with E-state index in [-0.39, 0.29) is 29.4 Å². The number of ether oxygens (including phenoxy) is 1. The maximum Gasteiger partial charge on any atom is 0.257 e. The van der Waals surface area contributed by atoms with Crippen LogP contribution < -0.4 is 9.88 Å². The normalized spacial score (nSPS) is 23.7. The van der Waals surface area contributed by atoms with Crippen molar-refractivity contribution in [1.29, 1.82) is 0 Å². The third kappa shape index (κ3) is 4.01. The number of piperidine rings is 1. The van der Waals surface area contributed by atoms with Gasteiger partial charge in [0.2, 0.25) is 10.0 Å². The van der Waals surface area contributed by atoms with Gasteiger partial charge in [0.25, 0.3) is 5.91 Å². The lowest BCUT2D eigenvalue weighted by Crippen LogP contribution is -2.54. The third-order valence-corrected chi connectivity index (χ3v) is 5.97. The summed E-state index contributed by atoms with van der Waals surface area (Å²) >= 11 is 0. The molecule has 1 aromatic rings. The molecule has 26 heavy (non-hydrogen) atoms. The lowest BCUT2D eigenvalue weighted by Gasteiger charge is -2.44. The molecule has 146 valence electrons. The van der Waals surface area contributed by atoms with Crippen LogP contribution in [0.25, 0.3) is 0 Å². The number of aliphatic hydroxyl groups excluding tert-OH is 2. The summed E-state index contributed by atoms with van der Waals surface area (Å²) in [7, 11) is -2.58. The van der Waals surface area contributed by atoms with Crippen molar-refractivity contribution in [2.45, 2.75) is 37.2 Å². The highest BCUT2D eigenvalue weighted by Gasteiger charge is 2.42. The first-order valence-corrected chi connectivity index (χ1v) is 10.0. The summed E-state index contributed by atoms with van der Waals surface area (Å²) < 4.78 is 28.3. The van der Waals surface area contributed by atoms with E-state index < -0.39 is 27.4 Å². The van der Waals surface area contributed by atoms with Gasteiger partial charge in [-0.25, -0.2) is 13.6 Å². The van der Waals surface area contributed by atoms with E-state index in [2.05, 4.69) is 0 Å². The van der Waals surface area contributed by atoms with Crippen molar-refractivity contribution >= 4 is 15.9 Å². The molecule has 1 heterocycles. The van der Waals surface area contributed by atoms with Gasteiger partial charge in [-0.15, -0.1) is 0 Å². The second-order valence-corrected chi connectivity index (χ2v) is 8.26.